The van der Waals surface area contributed by atoms with Gasteiger partial charge < -0.3 is 16.8 Å². The van der Waals surface area contributed by atoms with Gasteiger partial charge in [-0.3, -0.25) is 0 Å². The van der Waals surface area contributed by atoms with Crippen molar-refractivity contribution in [1.29, 1.82) is 0 Å². The lowest BCUT2D eigenvalue weighted by molar-refractivity contribution is 0.661. The van der Waals surface area contributed by atoms with Crippen LogP contribution >= 0.6 is 0 Å². The molecule has 0 aliphatic heterocycles. The van der Waals surface area contributed by atoms with Crippen LogP contribution in [0.1, 0.15) is 78.8 Å². The fraction of sp³-hybridized carbons (Fsp3) is 0.0741. The molecule has 0 aromatic heterocycles. The van der Waals surface area contributed by atoms with Crippen LogP contribution in [0.5, 0.6) is 0 Å². The summed E-state index contributed by atoms with van der Waals surface area (Å²) in [5.41, 5.74) is 35.3. The molecule has 0 heterocycles. The van der Waals surface area contributed by atoms with Crippen LogP contribution in [0.4, 0.5) is 0 Å². The fourth-order valence-electron chi connectivity index (χ4n) is 10.3. The van der Waals surface area contributed by atoms with Gasteiger partial charge in [-0.25, -0.2) is 0 Å². The highest BCUT2D eigenvalue weighted by Crippen LogP contribution is 2.62. The Hall–Kier alpha value is -6.94. The maximum absolute atomic E-state index is 7.36. The SMILES string of the molecule is N/C(=C(\NC(N)c1cccc2c1Cc1ccccc1-2)c1ccccc1)c1ccc2c(c1)-c1ccccc1C21c2ccccc2C(c2ccccc2)c2ccccc21. The van der Waals surface area contributed by atoms with Crippen LogP contribution in [0.25, 0.3) is 33.6 Å². The minimum atomic E-state index is -0.491. The molecular formula is C54H41N3. The minimum Gasteiger partial charge on any atom is -0.397 e. The predicted octanol–water partition coefficient (Wildman–Crippen LogP) is 11.1. The summed E-state index contributed by atoms with van der Waals surface area (Å²) in [5.74, 6) is 0.127. The van der Waals surface area contributed by atoms with Gasteiger partial charge in [0.05, 0.1) is 16.8 Å². The zero-order valence-corrected chi connectivity index (χ0v) is 31.5. The molecule has 272 valence electrons. The molecule has 0 saturated heterocycles. The van der Waals surface area contributed by atoms with Crippen molar-refractivity contribution in [1.82, 2.24) is 5.32 Å². The zero-order chi connectivity index (χ0) is 38.1. The normalized spacial score (nSPS) is 17.7. The first-order valence-corrected chi connectivity index (χ1v) is 19.9. The Morgan fingerprint density at radius 1 is 0.509 bits per heavy atom. The Kier molecular flexibility index (Phi) is 7.67. The second-order valence-electron chi connectivity index (χ2n) is 15.6. The first kappa shape index (κ1) is 33.4. The van der Waals surface area contributed by atoms with Gasteiger partial charge >= 0.3 is 0 Å². The summed E-state index contributed by atoms with van der Waals surface area (Å²) >= 11 is 0. The molecule has 5 N–H and O–H groups in total. The summed E-state index contributed by atoms with van der Waals surface area (Å²) in [6.45, 7) is 0. The average molecular weight is 732 g/mol. The summed E-state index contributed by atoms with van der Waals surface area (Å²) in [4.78, 5) is 0. The number of nitrogens with two attached hydrogens (primary N) is 2. The van der Waals surface area contributed by atoms with E-state index in [1.54, 1.807) is 0 Å². The molecule has 8 aromatic carbocycles. The minimum absolute atomic E-state index is 0.127. The lowest BCUT2D eigenvalue weighted by Crippen LogP contribution is -2.36. The van der Waals surface area contributed by atoms with E-state index >= 15 is 0 Å². The van der Waals surface area contributed by atoms with Gasteiger partial charge in [0, 0.05) is 11.5 Å². The van der Waals surface area contributed by atoms with Crippen LogP contribution in [0.15, 0.2) is 194 Å². The molecule has 1 spiro atoms. The predicted molar refractivity (Wildman–Crippen MR) is 233 cm³/mol. The van der Waals surface area contributed by atoms with E-state index in [0.29, 0.717) is 5.70 Å². The molecular weight excluding hydrogens is 691 g/mol. The van der Waals surface area contributed by atoms with Crippen molar-refractivity contribution < 1.29 is 0 Å². The van der Waals surface area contributed by atoms with Gasteiger partial charge in [-0.1, -0.05) is 188 Å². The van der Waals surface area contributed by atoms with Crippen molar-refractivity contribution >= 4 is 11.4 Å². The molecule has 11 rings (SSSR count). The van der Waals surface area contributed by atoms with E-state index in [1.165, 1.54) is 72.3 Å². The van der Waals surface area contributed by atoms with E-state index in [2.05, 4.69) is 193 Å². The maximum Gasteiger partial charge on any atom is 0.101 e. The second kappa shape index (κ2) is 13.1. The molecule has 3 aliphatic carbocycles. The fourth-order valence-corrected chi connectivity index (χ4v) is 10.3. The van der Waals surface area contributed by atoms with Crippen molar-refractivity contribution in [2.24, 2.45) is 11.5 Å². The molecule has 0 bridgehead atoms. The topological polar surface area (TPSA) is 64.1 Å². The highest BCUT2D eigenvalue weighted by Gasteiger charge is 2.51. The number of hydrogen-bond acceptors (Lipinski definition) is 3. The first-order valence-electron chi connectivity index (χ1n) is 19.9. The molecule has 57 heavy (non-hydrogen) atoms. The molecule has 0 radical (unpaired) electrons. The van der Waals surface area contributed by atoms with E-state index in [4.69, 9.17) is 11.5 Å². The number of rotatable bonds is 6. The van der Waals surface area contributed by atoms with E-state index in [9.17, 15) is 0 Å². The van der Waals surface area contributed by atoms with Crippen LogP contribution in [-0.4, -0.2) is 0 Å². The third-order valence-electron chi connectivity index (χ3n) is 12.7. The number of fused-ring (bicyclic) bond motifs is 12. The van der Waals surface area contributed by atoms with Gasteiger partial charge in [0.2, 0.25) is 0 Å². The Balaban J connectivity index is 1.08. The van der Waals surface area contributed by atoms with Crippen molar-refractivity contribution in [2.45, 2.75) is 23.9 Å². The highest BCUT2D eigenvalue weighted by molar-refractivity contribution is 5.94. The highest BCUT2D eigenvalue weighted by atomic mass is 15.0. The molecule has 3 heteroatoms. The largest absolute Gasteiger partial charge is 0.397 e. The zero-order valence-electron chi connectivity index (χ0n) is 31.5. The van der Waals surface area contributed by atoms with Crippen LogP contribution < -0.4 is 16.8 Å². The van der Waals surface area contributed by atoms with E-state index in [-0.39, 0.29) is 5.92 Å². The lowest BCUT2D eigenvalue weighted by atomic mass is 9.58. The quantitative estimate of drug-likeness (QED) is 0.118. The number of nitrogens with one attached hydrogen (secondary N) is 1. The molecule has 3 aliphatic rings. The van der Waals surface area contributed by atoms with Gasteiger partial charge in [0.25, 0.3) is 0 Å². The summed E-state index contributed by atoms with van der Waals surface area (Å²) in [5, 5.41) is 3.73. The van der Waals surface area contributed by atoms with Crippen molar-refractivity contribution in [3.05, 3.63) is 261 Å². The molecule has 1 atom stereocenters. The van der Waals surface area contributed by atoms with Gasteiger partial charge in [-0.2, -0.15) is 0 Å². The Bertz CT molecular complexity index is 2840. The third kappa shape index (κ3) is 4.96. The van der Waals surface area contributed by atoms with E-state index < -0.39 is 11.6 Å². The molecule has 3 nitrogen and oxygen atoms in total. The Morgan fingerprint density at radius 3 is 1.82 bits per heavy atom. The Labute approximate surface area is 334 Å². The average Bonchev–Trinajstić information content (AvgIpc) is 3.80. The van der Waals surface area contributed by atoms with E-state index in [1.807, 2.05) is 6.07 Å². The number of benzene rings is 8. The summed E-state index contributed by atoms with van der Waals surface area (Å²) < 4.78 is 0. The second-order valence-corrected chi connectivity index (χ2v) is 15.6. The molecule has 0 fully saturated rings. The lowest BCUT2D eigenvalue weighted by Gasteiger charge is -2.43. The molecule has 0 amide bonds. The molecule has 0 saturated carbocycles. The van der Waals surface area contributed by atoms with Crippen LogP contribution in [-0.2, 0) is 11.8 Å². The smallest absolute Gasteiger partial charge is 0.101 e. The molecule has 8 aromatic rings. The van der Waals surface area contributed by atoms with Gasteiger partial charge in [0.1, 0.15) is 6.17 Å². The van der Waals surface area contributed by atoms with Gasteiger partial charge in [0.15, 0.2) is 0 Å². The monoisotopic (exact) mass is 731 g/mol. The van der Waals surface area contributed by atoms with Crippen LogP contribution in [0.3, 0.4) is 0 Å². The van der Waals surface area contributed by atoms with Crippen molar-refractivity contribution in [3.63, 3.8) is 0 Å². The third-order valence-corrected chi connectivity index (χ3v) is 12.7. The van der Waals surface area contributed by atoms with Crippen LogP contribution in [0, 0.1) is 0 Å². The van der Waals surface area contributed by atoms with Crippen molar-refractivity contribution in [3.8, 4) is 22.3 Å². The molecule has 1 unspecified atom stereocenters. The Morgan fingerprint density at radius 2 is 1.09 bits per heavy atom. The van der Waals surface area contributed by atoms with Crippen molar-refractivity contribution in [2.75, 3.05) is 0 Å². The summed E-state index contributed by atoms with van der Waals surface area (Å²) in [6, 6.07) is 70.4. The maximum atomic E-state index is 7.36. The standard InChI is InChI=1S/C54H41N3/c55-51(52(35-18-5-2-6-19-35)57-53(56)41-26-15-25-39-38-21-8-7-20-36(38)32-44(39)41)37-30-31-49-45(33-37)40-22-9-12-27-46(40)54(49)47-28-13-10-23-42(47)50(34-16-3-1-4-17-34)43-24-11-14-29-48(43)54/h1-31,33,50,53,57H,32,55-56H2/b52-51-. The summed E-state index contributed by atoms with van der Waals surface area (Å²) in [7, 11) is 0. The van der Waals surface area contributed by atoms with E-state index in [0.717, 1.165) is 28.8 Å². The first-order chi connectivity index (χ1) is 28.1. The number of hydrogen-bond donors (Lipinski definition) is 3. The van der Waals surface area contributed by atoms with Gasteiger partial charge in [-0.05, 0) is 95.9 Å². The van der Waals surface area contributed by atoms with Crippen LogP contribution in [0.2, 0.25) is 0 Å². The van der Waals surface area contributed by atoms with Gasteiger partial charge in [-0.15, -0.1) is 0 Å². The summed E-state index contributed by atoms with van der Waals surface area (Å²) in [6.07, 6.45) is 0.385.